The largest absolute Gasteiger partial charge is 0.466 e. The number of carbonyl (C=O) groups is 1. The molecular formula is C13H13BrO2. The molecule has 1 aliphatic rings. The van der Waals surface area contributed by atoms with Crippen LogP contribution in [0.4, 0.5) is 0 Å². The standard InChI is InChI=1S/C13H13BrO2/c1-16-13(15)7-9-2-3-11-8-12(14)5-4-10(11)6-9/h4-5,7-8H,2-3,6H2,1H3/b9-7+. The molecule has 1 aromatic carbocycles. The van der Waals surface area contributed by atoms with Gasteiger partial charge >= 0.3 is 5.97 Å². The Morgan fingerprint density at radius 3 is 2.94 bits per heavy atom. The molecule has 0 heterocycles. The lowest BCUT2D eigenvalue weighted by atomic mass is 9.88. The molecule has 0 fully saturated rings. The second-order valence-electron chi connectivity index (χ2n) is 3.92. The van der Waals surface area contributed by atoms with Crippen LogP contribution in [0.3, 0.4) is 0 Å². The Balaban J connectivity index is 2.21. The van der Waals surface area contributed by atoms with Crippen LogP contribution >= 0.6 is 15.9 Å². The van der Waals surface area contributed by atoms with Crippen molar-refractivity contribution in [3.8, 4) is 0 Å². The van der Waals surface area contributed by atoms with Gasteiger partial charge in [0, 0.05) is 10.5 Å². The summed E-state index contributed by atoms with van der Waals surface area (Å²) < 4.78 is 5.75. The first-order valence-electron chi connectivity index (χ1n) is 5.24. The molecule has 2 rings (SSSR count). The van der Waals surface area contributed by atoms with Crippen LogP contribution in [0.25, 0.3) is 0 Å². The zero-order valence-corrected chi connectivity index (χ0v) is 10.7. The molecule has 3 heteroatoms. The number of esters is 1. The van der Waals surface area contributed by atoms with Crippen LogP contribution in [0, 0.1) is 0 Å². The van der Waals surface area contributed by atoms with Gasteiger partial charge in [-0.1, -0.05) is 27.6 Å². The Labute approximate surface area is 103 Å². The third-order valence-corrected chi connectivity index (χ3v) is 3.32. The minimum atomic E-state index is -0.254. The molecule has 0 atom stereocenters. The lowest BCUT2D eigenvalue weighted by molar-refractivity contribution is -0.134. The fourth-order valence-electron chi connectivity index (χ4n) is 1.98. The summed E-state index contributed by atoms with van der Waals surface area (Å²) >= 11 is 3.47. The van der Waals surface area contributed by atoms with Crippen LogP contribution in [0.15, 0.2) is 34.3 Å². The van der Waals surface area contributed by atoms with E-state index in [1.54, 1.807) is 6.08 Å². The normalized spacial score (nSPS) is 17.0. The van der Waals surface area contributed by atoms with Crippen LogP contribution < -0.4 is 0 Å². The Morgan fingerprint density at radius 1 is 1.38 bits per heavy atom. The Bertz CT molecular complexity index is 449. The molecule has 0 amide bonds. The lowest BCUT2D eigenvalue weighted by Gasteiger charge is -2.18. The molecule has 0 unspecified atom stereocenters. The summed E-state index contributed by atoms with van der Waals surface area (Å²) in [4.78, 5) is 11.1. The molecule has 16 heavy (non-hydrogen) atoms. The number of carbonyl (C=O) groups excluding carboxylic acids is 1. The van der Waals surface area contributed by atoms with Gasteiger partial charge in [0.05, 0.1) is 7.11 Å². The topological polar surface area (TPSA) is 26.3 Å². The van der Waals surface area contributed by atoms with Crippen LogP contribution in [-0.4, -0.2) is 13.1 Å². The molecule has 0 saturated carbocycles. The number of halogens is 1. The summed E-state index contributed by atoms with van der Waals surface area (Å²) in [6.07, 6.45) is 4.42. The predicted molar refractivity (Wildman–Crippen MR) is 66.3 cm³/mol. The van der Waals surface area contributed by atoms with Crippen molar-refractivity contribution in [1.29, 1.82) is 0 Å². The van der Waals surface area contributed by atoms with Crippen LogP contribution in [0.5, 0.6) is 0 Å². The van der Waals surface area contributed by atoms with Crippen molar-refractivity contribution < 1.29 is 9.53 Å². The molecule has 0 bridgehead atoms. The average molecular weight is 281 g/mol. The zero-order valence-electron chi connectivity index (χ0n) is 9.13. The maximum absolute atomic E-state index is 11.1. The van der Waals surface area contributed by atoms with Gasteiger partial charge < -0.3 is 4.74 Å². The van der Waals surface area contributed by atoms with Gasteiger partial charge in [-0.15, -0.1) is 0 Å². The summed E-state index contributed by atoms with van der Waals surface area (Å²) in [6, 6.07) is 6.31. The number of hydrogen-bond acceptors (Lipinski definition) is 2. The van der Waals surface area contributed by atoms with E-state index in [-0.39, 0.29) is 5.97 Å². The highest BCUT2D eigenvalue weighted by molar-refractivity contribution is 9.10. The molecule has 0 N–H and O–H groups in total. The van der Waals surface area contributed by atoms with Crippen molar-refractivity contribution in [3.05, 3.63) is 45.4 Å². The number of methoxy groups -OCH3 is 1. The molecule has 0 spiro atoms. The van der Waals surface area contributed by atoms with Crippen LogP contribution in [0.2, 0.25) is 0 Å². The zero-order chi connectivity index (χ0) is 11.5. The van der Waals surface area contributed by atoms with Crippen molar-refractivity contribution in [2.45, 2.75) is 19.3 Å². The van der Waals surface area contributed by atoms with Crippen molar-refractivity contribution in [2.75, 3.05) is 7.11 Å². The Morgan fingerprint density at radius 2 is 2.19 bits per heavy atom. The van der Waals surface area contributed by atoms with E-state index in [4.69, 9.17) is 0 Å². The van der Waals surface area contributed by atoms with E-state index in [1.807, 2.05) is 6.07 Å². The van der Waals surface area contributed by atoms with Gasteiger partial charge in [-0.2, -0.15) is 0 Å². The van der Waals surface area contributed by atoms with E-state index in [0.717, 1.165) is 29.3 Å². The highest BCUT2D eigenvalue weighted by Gasteiger charge is 2.14. The molecule has 1 aromatic rings. The highest BCUT2D eigenvalue weighted by Crippen LogP contribution is 2.27. The molecule has 84 valence electrons. The summed E-state index contributed by atoms with van der Waals surface area (Å²) in [5.74, 6) is -0.254. The van der Waals surface area contributed by atoms with Crippen molar-refractivity contribution in [1.82, 2.24) is 0 Å². The molecular weight excluding hydrogens is 268 g/mol. The van der Waals surface area contributed by atoms with E-state index in [1.165, 1.54) is 18.2 Å². The molecule has 0 aliphatic heterocycles. The van der Waals surface area contributed by atoms with Crippen molar-refractivity contribution in [3.63, 3.8) is 0 Å². The van der Waals surface area contributed by atoms with E-state index >= 15 is 0 Å². The summed E-state index contributed by atoms with van der Waals surface area (Å²) in [6.45, 7) is 0. The van der Waals surface area contributed by atoms with Gasteiger partial charge in [-0.3, -0.25) is 0 Å². The van der Waals surface area contributed by atoms with Gasteiger partial charge in [0.15, 0.2) is 0 Å². The molecule has 0 aromatic heterocycles. The SMILES string of the molecule is COC(=O)/C=C1\CCc2cc(Br)ccc2C1. The van der Waals surface area contributed by atoms with Crippen molar-refractivity contribution in [2.24, 2.45) is 0 Å². The quantitative estimate of drug-likeness (QED) is 0.584. The number of aryl methyl sites for hydroxylation is 1. The number of fused-ring (bicyclic) bond motifs is 1. The molecule has 2 nitrogen and oxygen atoms in total. The minimum Gasteiger partial charge on any atom is -0.466 e. The van der Waals surface area contributed by atoms with Gasteiger partial charge in [-0.05, 0) is 42.5 Å². The smallest absolute Gasteiger partial charge is 0.330 e. The van der Waals surface area contributed by atoms with Crippen LogP contribution in [0.1, 0.15) is 17.5 Å². The maximum atomic E-state index is 11.1. The summed E-state index contributed by atoms with van der Waals surface area (Å²) in [5.41, 5.74) is 3.84. The average Bonchev–Trinajstić information content (AvgIpc) is 2.29. The first kappa shape index (κ1) is 11.4. The van der Waals surface area contributed by atoms with Gasteiger partial charge in [0.1, 0.15) is 0 Å². The van der Waals surface area contributed by atoms with Crippen LogP contribution in [-0.2, 0) is 22.4 Å². The number of rotatable bonds is 1. The second kappa shape index (κ2) is 4.83. The van der Waals surface area contributed by atoms with E-state index < -0.39 is 0 Å². The number of benzene rings is 1. The van der Waals surface area contributed by atoms with E-state index in [0.29, 0.717) is 0 Å². The number of hydrogen-bond donors (Lipinski definition) is 0. The second-order valence-corrected chi connectivity index (χ2v) is 4.83. The van der Waals surface area contributed by atoms with Gasteiger partial charge in [0.25, 0.3) is 0 Å². The fraction of sp³-hybridized carbons (Fsp3) is 0.308. The number of allylic oxidation sites excluding steroid dienone is 1. The first-order valence-corrected chi connectivity index (χ1v) is 6.03. The predicted octanol–water partition coefficient (Wildman–Crippen LogP) is 3.04. The van der Waals surface area contributed by atoms with Gasteiger partial charge in [0.2, 0.25) is 0 Å². The van der Waals surface area contributed by atoms with E-state index in [9.17, 15) is 4.79 Å². The molecule has 0 saturated heterocycles. The monoisotopic (exact) mass is 280 g/mol. The third-order valence-electron chi connectivity index (χ3n) is 2.82. The van der Waals surface area contributed by atoms with Gasteiger partial charge in [-0.25, -0.2) is 4.79 Å². The minimum absolute atomic E-state index is 0.254. The van der Waals surface area contributed by atoms with Crippen molar-refractivity contribution >= 4 is 21.9 Å². The Kier molecular flexibility index (Phi) is 3.44. The maximum Gasteiger partial charge on any atom is 0.330 e. The third kappa shape index (κ3) is 2.53. The summed E-state index contributed by atoms with van der Waals surface area (Å²) in [7, 11) is 1.41. The summed E-state index contributed by atoms with van der Waals surface area (Å²) in [5, 5.41) is 0. The number of ether oxygens (including phenoxy) is 1. The highest BCUT2D eigenvalue weighted by atomic mass is 79.9. The molecule has 1 aliphatic carbocycles. The fourth-order valence-corrected chi connectivity index (χ4v) is 2.39. The molecule has 0 radical (unpaired) electrons. The Hall–Kier alpha value is -1.09. The lowest BCUT2D eigenvalue weighted by Crippen LogP contribution is -2.08. The van der Waals surface area contributed by atoms with E-state index in [2.05, 4.69) is 32.8 Å². The first-order chi connectivity index (χ1) is 7.69.